The molecule has 176 valence electrons. The number of carbonyl (C=O) groups excluding carboxylic acids is 1. The molecule has 0 saturated carbocycles. The topological polar surface area (TPSA) is 100 Å². The molecule has 0 radical (unpaired) electrons. The van der Waals surface area contributed by atoms with E-state index in [0.717, 1.165) is 73.7 Å². The van der Waals surface area contributed by atoms with E-state index in [-0.39, 0.29) is 17.6 Å². The Kier molecular flexibility index (Phi) is 6.00. The van der Waals surface area contributed by atoms with E-state index in [0.29, 0.717) is 12.2 Å². The fourth-order valence-corrected chi connectivity index (χ4v) is 5.10. The average molecular weight is 460 g/mol. The number of fused-ring (bicyclic) bond motifs is 1. The Balaban J connectivity index is 1.30. The van der Waals surface area contributed by atoms with Crippen LogP contribution in [0.3, 0.4) is 0 Å². The van der Waals surface area contributed by atoms with Crippen molar-refractivity contribution in [3.63, 3.8) is 0 Å². The zero-order valence-corrected chi connectivity index (χ0v) is 19.4. The number of pyridine rings is 1. The summed E-state index contributed by atoms with van der Waals surface area (Å²) in [6, 6.07) is 3.80. The fourth-order valence-electron chi connectivity index (χ4n) is 5.10. The first-order valence-electron chi connectivity index (χ1n) is 11.8. The highest BCUT2D eigenvalue weighted by atomic mass is 16.2. The van der Waals surface area contributed by atoms with Crippen molar-refractivity contribution in [1.29, 1.82) is 0 Å². The number of aromatic amines is 1. The van der Waals surface area contributed by atoms with Crippen LogP contribution in [0.5, 0.6) is 0 Å². The van der Waals surface area contributed by atoms with Gasteiger partial charge in [0.15, 0.2) is 0 Å². The van der Waals surface area contributed by atoms with E-state index in [9.17, 15) is 9.59 Å². The lowest BCUT2D eigenvalue weighted by atomic mass is 10.0. The Hall–Kier alpha value is -3.75. The molecule has 5 rings (SSSR count). The van der Waals surface area contributed by atoms with Crippen molar-refractivity contribution in [2.75, 3.05) is 29.4 Å². The zero-order chi connectivity index (χ0) is 23.7. The van der Waals surface area contributed by atoms with Gasteiger partial charge in [-0.3, -0.25) is 14.3 Å². The summed E-state index contributed by atoms with van der Waals surface area (Å²) in [4.78, 5) is 45.6. The molecule has 1 fully saturated rings. The Morgan fingerprint density at radius 3 is 2.88 bits per heavy atom. The summed E-state index contributed by atoms with van der Waals surface area (Å²) >= 11 is 0. The van der Waals surface area contributed by atoms with Gasteiger partial charge in [-0.25, -0.2) is 14.8 Å². The van der Waals surface area contributed by atoms with Crippen LogP contribution in [-0.2, 0) is 12.8 Å². The minimum absolute atomic E-state index is 0.0361. The third-order valence-electron chi connectivity index (χ3n) is 6.87. The summed E-state index contributed by atoms with van der Waals surface area (Å²) in [6.45, 7) is 7.90. The number of hydrogen-bond acceptors (Lipinski definition) is 6. The lowest BCUT2D eigenvalue weighted by Crippen LogP contribution is -2.38. The van der Waals surface area contributed by atoms with Gasteiger partial charge in [0.05, 0.1) is 5.69 Å². The second-order valence-electron chi connectivity index (χ2n) is 8.89. The molecule has 0 aromatic carbocycles. The number of carbonyl (C=O) groups is 1. The van der Waals surface area contributed by atoms with Gasteiger partial charge in [-0.1, -0.05) is 6.08 Å². The van der Waals surface area contributed by atoms with Gasteiger partial charge in [-0.05, 0) is 50.7 Å². The number of piperidine rings is 1. The molecule has 3 aromatic heterocycles. The molecule has 0 spiro atoms. The number of nitrogens with one attached hydrogen (secondary N) is 1. The predicted molar refractivity (Wildman–Crippen MR) is 130 cm³/mol. The van der Waals surface area contributed by atoms with Crippen molar-refractivity contribution < 1.29 is 4.79 Å². The van der Waals surface area contributed by atoms with Crippen LogP contribution in [-0.4, -0.2) is 50.0 Å². The van der Waals surface area contributed by atoms with E-state index in [1.165, 1.54) is 6.33 Å². The molecular weight excluding hydrogens is 430 g/mol. The van der Waals surface area contributed by atoms with Crippen LogP contribution in [0.2, 0.25) is 0 Å². The quantitative estimate of drug-likeness (QED) is 0.569. The summed E-state index contributed by atoms with van der Waals surface area (Å²) in [6.07, 6.45) is 11.0. The largest absolute Gasteiger partial charge is 0.356 e. The third kappa shape index (κ3) is 4.02. The summed E-state index contributed by atoms with van der Waals surface area (Å²) in [5.41, 5.74) is 4.34. The predicted octanol–water partition coefficient (Wildman–Crippen LogP) is 2.83. The minimum atomic E-state index is -0.121. The number of aromatic nitrogens is 5. The molecule has 0 bridgehead atoms. The number of imidazole rings is 1. The Bertz CT molecular complexity index is 1270. The molecule has 2 aliphatic rings. The molecule has 2 aliphatic heterocycles. The summed E-state index contributed by atoms with van der Waals surface area (Å²) < 4.78 is 1.94. The molecule has 1 saturated heterocycles. The van der Waals surface area contributed by atoms with Crippen molar-refractivity contribution in [2.24, 2.45) is 0 Å². The van der Waals surface area contributed by atoms with Gasteiger partial charge in [-0.2, -0.15) is 0 Å². The molecule has 3 aromatic rings. The first-order chi connectivity index (χ1) is 16.6. The van der Waals surface area contributed by atoms with Crippen LogP contribution < -0.4 is 15.5 Å². The normalized spacial score (nSPS) is 16.0. The van der Waals surface area contributed by atoms with Gasteiger partial charge >= 0.3 is 5.69 Å². The maximum Gasteiger partial charge on any atom is 0.326 e. The molecule has 0 aliphatic carbocycles. The van der Waals surface area contributed by atoms with Crippen molar-refractivity contribution in [3.8, 4) is 0 Å². The summed E-state index contributed by atoms with van der Waals surface area (Å²) in [5, 5.41) is 0. The van der Waals surface area contributed by atoms with Crippen molar-refractivity contribution in [3.05, 3.63) is 76.6 Å². The maximum atomic E-state index is 13.2. The van der Waals surface area contributed by atoms with Crippen LogP contribution in [0.1, 0.15) is 52.7 Å². The van der Waals surface area contributed by atoms with Gasteiger partial charge in [0.1, 0.15) is 17.8 Å². The van der Waals surface area contributed by atoms with E-state index in [4.69, 9.17) is 0 Å². The number of aryl methyl sites for hydroxylation is 1. The number of amides is 1. The van der Waals surface area contributed by atoms with Crippen LogP contribution in [0.15, 0.2) is 48.3 Å². The third-order valence-corrected chi connectivity index (χ3v) is 6.87. The van der Waals surface area contributed by atoms with E-state index < -0.39 is 0 Å². The molecule has 9 nitrogen and oxygen atoms in total. The summed E-state index contributed by atoms with van der Waals surface area (Å²) in [7, 11) is 0. The van der Waals surface area contributed by atoms with Crippen LogP contribution in [0.4, 0.5) is 11.5 Å². The Morgan fingerprint density at radius 2 is 2.09 bits per heavy atom. The van der Waals surface area contributed by atoms with Gasteiger partial charge in [0.25, 0.3) is 5.91 Å². The van der Waals surface area contributed by atoms with Crippen molar-refractivity contribution >= 4 is 17.4 Å². The highest BCUT2D eigenvalue weighted by molar-refractivity contribution is 6.06. The molecular formula is C25H29N7O2. The lowest BCUT2D eigenvalue weighted by molar-refractivity contribution is 0.0984. The minimum Gasteiger partial charge on any atom is -0.356 e. The fraction of sp³-hybridized carbons (Fsp3) is 0.400. The molecule has 9 heteroatoms. The van der Waals surface area contributed by atoms with Gasteiger partial charge < -0.3 is 14.8 Å². The van der Waals surface area contributed by atoms with E-state index in [1.807, 2.05) is 29.8 Å². The second kappa shape index (κ2) is 9.24. The highest BCUT2D eigenvalue weighted by Gasteiger charge is 2.29. The second-order valence-corrected chi connectivity index (χ2v) is 8.89. The van der Waals surface area contributed by atoms with Crippen molar-refractivity contribution in [1.82, 2.24) is 24.5 Å². The smallest absolute Gasteiger partial charge is 0.326 e. The van der Waals surface area contributed by atoms with E-state index in [1.54, 1.807) is 17.2 Å². The van der Waals surface area contributed by atoms with Crippen LogP contribution >= 0.6 is 0 Å². The van der Waals surface area contributed by atoms with Crippen LogP contribution in [0, 0.1) is 6.92 Å². The first kappa shape index (κ1) is 22.1. The number of anilines is 2. The SMILES string of the molecule is C=CCCc1c(C)[nH]c(=O)n1C1CCN(c2cc(C(=O)N3CCc4cnccc43)ncn2)CC1. The zero-order valence-electron chi connectivity index (χ0n) is 19.4. The summed E-state index contributed by atoms with van der Waals surface area (Å²) in [5.74, 6) is 0.625. The number of H-pyrrole nitrogens is 1. The van der Waals surface area contributed by atoms with E-state index in [2.05, 4.69) is 31.4 Å². The monoisotopic (exact) mass is 459 g/mol. The van der Waals surface area contributed by atoms with E-state index >= 15 is 0 Å². The molecule has 34 heavy (non-hydrogen) atoms. The Labute approximate surface area is 198 Å². The maximum absolute atomic E-state index is 13.2. The highest BCUT2D eigenvalue weighted by Crippen LogP contribution is 2.29. The van der Waals surface area contributed by atoms with Crippen molar-refractivity contribution in [2.45, 2.75) is 45.1 Å². The number of allylic oxidation sites excluding steroid dienone is 1. The van der Waals surface area contributed by atoms with Gasteiger partial charge in [0, 0.05) is 55.5 Å². The number of nitrogens with zero attached hydrogens (tertiary/aromatic N) is 6. The van der Waals surface area contributed by atoms with Gasteiger partial charge in [-0.15, -0.1) is 6.58 Å². The molecule has 0 unspecified atom stereocenters. The first-order valence-corrected chi connectivity index (χ1v) is 11.8. The molecule has 1 amide bonds. The average Bonchev–Trinajstić information content (AvgIpc) is 3.42. The standard InChI is InChI=1S/C25H29N7O2/c1-3-4-5-21-17(2)29-25(34)32(21)19-8-11-30(12-9-19)23-14-20(27-16-28-23)24(33)31-13-7-18-15-26-10-6-22(18)31/h3,6,10,14-16,19H,1,4-5,7-9,11-13H2,2H3,(H,29,34). The molecule has 0 atom stereocenters. The number of hydrogen-bond donors (Lipinski definition) is 1. The lowest BCUT2D eigenvalue weighted by Gasteiger charge is -2.33. The molecule has 5 heterocycles. The number of rotatable bonds is 6. The van der Waals surface area contributed by atoms with Gasteiger partial charge in [0.2, 0.25) is 0 Å². The Morgan fingerprint density at radius 1 is 1.26 bits per heavy atom. The molecule has 1 N–H and O–H groups in total. The van der Waals surface area contributed by atoms with Crippen LogP contribution in [0.25, 0.3) is 0 Å².